The molecule has 0 N–H and O–H groups in total. The standard InChI is InChI=1S/C16H19NO2/c1-4-13-5-7-14(8-6-13)15(10-17)9-16(18)19-11-12(2)3/h5-9,12H,4,11H2,1-3H3. The lowest BCUT2D eigenvalue weighted by Gasteiger charge is -2.05. The van der Waals surface area contributed by atoms with E-state index in [9.17, 15) is 4.79 Å². The Morgan fingerprint density at radius 3 is 2.47 bits per heavy atom. The van der Waals surface area contributed by atoms with Crippen molar-refractivity contribution in [2.75, 3.05) is 6.61 Å². The molecular formula is C16H19NO2. The van der Waals surface area contributed by atoms with E-state index in [0.717, 1.165) is 12.0 Å². The first-order valence-electron chi connectivity index (χ1n) is 6.44. The summed E-state index contributed by atoms with van der Waals surface area (Å²) in [5.41, 5.74) is 2.26. The van der Waals surface area contributed by atoms with Crippen LogP contribution >= 0.6 is 0 Å². The highest BCUT2D eigenvalue weighted by molar-refractivity contribution is 5.95. The van der Waals surface area contributed by atoms with Crippen molar-refractivity contribution in [3.8, 4) is 6.07 Å². The minimum Gasteiger partial charge on any atom is -0.462 e. The number of carbonyl (C=O) groups excluding carboxylic acids is 1. The second-order valence-corrected chi connectivity index (χ2v) is 4.74. The topological polar surface area (TPSA) is 50.1 Å². The third kappa shape index (κ3) is 4.97. The largest absolute Gasteiger partial charge is 0.462 e. The van der Waals surface area contributed by atoms with Crippen LogP contribution < -0.4 is 0 Å². The Bertz CT molecular complexity index is 492. The zero-order chi connectivity index (χ0) is 14.3. The molecule has 0 heterocycles. The van der Waals surface area contributed by atoms with Crippen LogP contribution in [0.1, 0.15) is 31.9 Å². The average molecular weight is 257 g/mol. The molecule has 0 aromatic heterocycles. The van der Waals surface area contributed by atoms with Crippen molar-refractivity contribution in [2.45, 2.75) is 27.2 Å². The van der Waals surface area contributed by atoms with Crippen LogP contribution in [0.4, 0.5) is 0 Å². The summed E-state index contributed by atoms with van der Waals surface area (Å²) < 4.78 is 5.04. The van der Waals surface area contributed by atoms with Gasteiger partial charge in [0.1, 0.15) is 6.07 Å². The molecule has 0 amide bonds. The fraction of sp³-hybridized carbons (Fsp3) is 0.375. The van der Waals surface area contributed by atoms with E-state index in [1.54, 1.807) is 0 Å². The van der Waals surface area contributed by atoms with Gasteiger partial charge in [-0.3, -0.25) is 0 Å². The lowest BCUT2D eigenvalue weighted by Crippen LogP contribution is -2.07. The molecule has 3 heteroatoms. The summed E-state index contributed by atoms with van der Waals surface area (Å²) in [5.74, 6) is -0.184. The minimum absolute atomic E-state index is 0.284. The van der Waals surface area contributed by atoms with E-state index in [-0.39, 0.29) is 5.92 Å². The second kappa shape index (κ2) is 7.38. The van der Waals surface area contributed by atoms with Crippen LogP contribution in [0.15, 0.2) is 30.3 Å². The highest BCUT2D eigenvalue weighted by atomic mass is 16.5. The van der Waals surface area contributed by atoms with Crippen LogP contribution in [-0.4, -0.2) is 12.6 Å². The minimum atomic E-state index is -0.468. The summed E-state index contributed by atoms with van der Waals surface area (Å²) in [6.45, 7) is 6.36. The number of benzene rings is 1. The van der Waals surface area contributed by atoms with Crippen molar-refractivity contribution in [2.24, 2.45) is 5.92 Å². The summed E-state index contributed by atoms with van der Waals surface area (Å²) >= 11 is 0. The Hall–Kier alpha value is -2.08. The van der Waals surface area contributed by atoms with Gasteiger partial charge >= 0.3 is 5.97 Å². The fourth-order valence-corrected chi connectivity index (χ4v) is 1.51. The lowest BCUT2D eigenvalue weighted by molar-refractivity contribution is -0.138. The molecular weight excluding hydrogens is 238 g/mol. The number of hydrogen-bond donors (Lipinski definition) is 0. The summed E-state index contributed by atoms with van der Waals surface area (Å²) in [6, 6.07) is 9.65. The smallest absolute Gasteiger partial charge is 0.332 e. The zero-order valence-corrected chi connectivity index (χ0v) is 11.6. The van der Waals surface area contributed by atoms with Gasteiger partial charge in [-0.2, -0.15) is 5.26 Å². The highest BCUT2D eigenvalue weighted by Crippen LogP contribution is 2.15. The molecule has 0 aliphatic carbocycles. The second-order valence-electron chi connectivity index (χ2n) is 4.74. The fourth-order valence-electron chi connectivity index (χ4n) is 1.51. The molecule has 0 saturated heterocycles. The first-order chi connectivity index (χ1) is 9.06. The van der Waals surface area contributed by atoms with Crippen molar-refractivity contribution < 1.29 is 9.53 Å². The molecule has 1 rings (SSSR count). The van der Waals surface area contributed by atoms with E-state index < -0.39 is 5.97 Å². The van der Waals surface area contributed by atoms with Crippen LogP contribution in [0.5, 0.6) is 0 Å². The van der Waals surface area contributed by atoms with Gasteiger partial charge in [0.25, 0.3) is 0 Å². The Morgan fingerprint density at radius 2 is 2.00 bits per heavy atom. The molecule has 19 heavy (non-hydrogen) atoms. The number of rotatable bonds is 5. The molecule has 1 aromatic carbocycles. The molecule has 0 radical (unpaired) electrons. The zero-order valence-electron chi connectivity index (χ0n) is 11.6. The Morgan fingerprint density at radius 1 is 1.37 bits per heavy atom. The Balaban J connectivity index is 2.81. The van der Waals surface area contributed by atoms with E-state index >= 15 is 0 Å². The van der Waals surface area contributed by atoms with Gasteiger partial charge in [-0.05, 0) is 23.5 Å². The molecule has 0 saturated carbocycles. The predicted molar refractivity (Wildman–Crippen MR) is 75.2 cm³/mol. The summed E-state index contributed by atoms with van der Waals surface area (Å²) in [7, 11) is 0. The third-order valence-corrected chi connectivity index (χ3v) is 2.61. The van der Waals surface area contributed by atoms with Crippen LogP contribution in [-0.2, 0) is 16.0 Å². The number of nitriles is 1. The maximum Gasteiger partial charge on any atom is 0.332 e. The van der Waals surface area contributed by atoms with Gasteiger partial charge in [0.05, 0.1) is 12.2 Å². The number of esters is 1. The first kappa shape index (κ1) is 15.0. The van der Waals surface area contributed by atoms with Crippen molar-refractivity contribution in [1.82, 2.24) is 0 Å². The van der Waals surface area contributed by atoms with E-state index in [1.165, 1.54) is 11.6 Å². The van der Waals surface area contributed by atoms with Crippen LogP contribution in [0, 0.1) is 17.2 Å². The maximum atomic E-state index is 11.6. The number of hydrogen-bond acceptors (Lipinski definition) is 3. The van der Waals surface area contributed by atoms with Gasteiger partial charge < -0.3 is 4.74 Å². The van der Waals surface area contributed by atoms with Crippen LogP contribution in [0.2, 0.25) is 0 Å². The van der Waals surface area contributed by atoms with Gasteiger partial charge in [0.15, 0.2) is 0 Å². The number of ether oxygens (including phenoxy) is 1. The predicted octanol–water partition coefficient (Wildman–Crippen LogP) is 3.36. The van der Waals surface area contributed by atoms with Crippen molar-refractivity contribution in [3.05, 3.63) is 41.5 Å². The molecule has 0 atom stereocenters. The third-order valence-electron chi connectivity index (χ3n) is 2.61. The molecule has 100 valence electrons. The quantitative estimate of drug-likeness (QED) is 0.461. The SMILES string of the molecule is CCc1ccc(C(C#N)=CC(=O)OCC(C)C)cc1. The molecule has 0 fully saturated rings. The lowest BCUT2D eigenvalue weighted by atomic mass is 10.0. The van der Waals surface area contributed by atoms with E-state index in [0.29, 0.717) is 12.2 Å². The van der Waals surface area contributed by atoms with Gasteiger partial charge in [0.2, 0.25) is 0 Å². The number of allylic oxidation sites excluding steroid dienone is 1. The Labute approximate surface area is 114 Å². The molecule has 0 bridgehead atoms. The van der Waals surface area contributed by atoms with E-state index in [4.69, 9.17) is 10.00 Å². The maximum absolute atomic E-state index is 11.6. The van der Waals surface area contributed by atoms with Crippen LogP contribution in [0.25, 0.3) is 5.57 Å². The molecule has 0 aliphatic rings. The molecule has 0 unspecified atom stereocenters. The molecule has 3 nitrogen and oxygen atoms in total. The van der Waals surface area contributed by atoms with E-state index in [2.05, 4.69) is 6.92 Å². The normalized spacial score (nSPS) is 11.2. The van der Waals surface area contributed by atoms with Crippen molar-refractivity contribution in [1.29, 1.82) is 5.26 Å². The summed E-state index contributed by atoms with van der Waals surface area (Å²) in [5, 5.41) is 9.11. The number of aryl methyl sites for hydroxylation is 1. The van der Waals surface area contributed by atoms with E-state index in [1.807, 2.05) is 44.2 Å². The highest BCUT2D eigenvalue weighted by Gasteiger charge is 2.06. The molecule has 0 spiro atoms. The molecule has 1 aromatic rings. The van der Waals surface area contributed by atoms with Crippen molar-refractivity contribution >= 4 is 11.5 Å². The summed E-state index contributed by atoms with van der Waals surface area (Å²) in [6.07, 6.45) is 2.20. The first-order valence-corrected chi connectivity index (χ1v) is 6.44. The average Bonchev–Trinajstić information content (AvgIpc) is 2.42. The van der Waals surface area contributed by atoms with Gasteiger partial charge in [0, 0.05) is 6.08 Å². The van der Waals surface area contributed by atoms with Crippen LogP contribution in [0.3, 0.4) is 0 Å². The summed E-state index contributed by atoms with van der Waals surface area (Å²) in [4.78, 5) is 11.6. The monoisotopic (exact) mass is 257 g/mol. The van der Waals surface area contributed by atoms with Gasteiger partial charge in [-0.25, -0.2) is 4.79 Å². The van der Waals surface area contributed by atoms with Gasteiger partial charge in [-0.15, -0.1) is 0 Å². The number of carbonyl (C=O) groups is 1. The number of nitrogens with zero attached hydrogens (tertiary/aromatic N) is 1. The molecule has 0 aliphatic heterocycles. The van der Waals surface area contributed by atoms with Crippen molar-refractivity contribution in [3.63, 3.8) is 0 Å². The van der Waals surface area contributed by atoms with Gasteiger partial charge in [-0.1, -0.05) is 45.0 Å². The Kier molecular flexibility index (Phi) is 5.81.